The van der Waals surface area contributed by atoms with E-state index in [2.05, 4.69) is 24.2 Å². The minimum absolute atomic E-state index is 0.437. The van der Waals surface area contributed by atoms with Crippen molar-refractivity contribution in [2.45, 2.75) is 44.9 Å². The van der Waals surface area contributed by atoms with Gasteiger partial charge >= 0.3 is 0 Å². The number of aromatic nitrogens is 2. The highest BCUT2D eigenvalue weighted by molar-refractivity contribution is 5.18. The van der Waals surface area contributed by atoms with Crippen LogP contribution in [0.1, 0.15) is 56.3 Å². The van der Waals surface area contributed by atoms with Crippen LogP contribution in [0.3, 0.4) is 0 Å². The standard InChI is InChI=1S/C9H14N2O/c1-6(2)8-9(11-12-10-8)7-4-3-5-7/h6-7H,3-5H2,1-2H3. The molecule has 0 unspecified atom stereocenters. The molecule has 1 aliphatic carbocycles. The first kappa shape index (κ1) is 7.77. The van der Waals surface area contributed by atoms with E-state index < -0.39 is 0 Å². The fraction of sp³-hybridized carbons (Fsp3) is 0.778. The molecular weight excluding hydrogens is 152 g/mol. The normalized spacial score (nSPS) is 18.2. The molecule has 3 heteroatoms. The van der Waals surface area contributed by atoms with Crippen molar-refractivity contribution >= 4 is 0 Å². The zero-order valence-electron chi connectivity index (χ0n) is 7.58. The molecule has 1 heterocycles. The van der Waals surface area contributed by atoms with Crippen LogP contribution in [-0.2, 0) is 0 Å². The van der Waals surface area contributed by atoms with Gasteiger partial charge in [-0.05, 0) is 12.8 Å². The predicted octanol–water partition coefficient (Wildman–Crippen LogP) is 2.46. The second-order valence-electron chi connectivity index (χ2n) is 3.82. The average molecular weight is 166 g/mol. The highest BCUT2D eigenvalue weighted by Crippen LogP contribution is 2.37. The van der Waals surface area contributed by atoms with Crippen LogP contribution < -0.4 is 0 Å². The molecule has 1 aromatic heterocycles. The van der Waals surface area contributed by atoms with Crippen LogP contribution in [0.15, 0.2) is 4.63 Å². The quantitative estimate of drug-likeness (QED) is 0.677. The van der Waals surface area contributed by atoms with Crippen LogP contribution >= 0.6 is 0 Å². The van der Waals surface area contributed by atoms with E-state index in [-0.39, 0.29) is 0 Å². The van der Waals surface area contributed by atoms with E-state index >= 15 is 0 Å². The molecule has 0 aromatic carbocycles. The highest BCUT2D eigenvalue weighted by atomic mass is 16.6. The lowest BCUT2D eigenvalue weighted by molar-refractivity contribution is 0.290. The summed E-state index contributed by atoms with van der Waals surface area (Å²) < 4.78 is 4.76. The average Bonchev–Trinajstić information content (AvgIpc) is 2.31. The number of hydrogen-bond donors (Lipinski definition) is 0. The first-order valence-corrected chi connectivity index (χ1v) is 4.61. The summed E-state index contributed by atoms with van der Waals surface area (Å²) in [6, 6.07) is 0. The SMILES string of the molecule is CC(C)c1nonc1C1CCC1. The summed E-state index contributed by atoms with van der Waals surface area (Å²) in [6.45, 7) is 4.25. The van der Waals surface area contributed by atoms with Crippen molar-refractivity contribution in [2.75, 3.05) is 0 Å². The Morgan fingerprint density at radius 1 is 1.33 bits per heavy atom. The summed E-state index contributed by atoms with van der Waals surface area (Å²) in [5.41, 5.74) is 2.16. The molecule has 1 aliphatic rings. The molecular formula is C9H14N2O. The van der Waals surface area contributed by atoms with Crippen LogP contribution in [0.2, 0.25) is 0 Å². The van der Waals surface area contributed by atoms with Crippen molar-refractivity contribution in [1.29, 1.82) is 0 Å². The maximum Gasteiger partial charge on any atom is 0.111 e. The molecule has 3 nitrogen and oxygen atoms in total. The Balaban J connectivity index is 2.23. The molecule has 1 saturated carbocycles. The number of rotatable bonds is 2. The van der Waals surface area contributed by atoms with E-state index in [9.17, 15) is 0 Å². The van der Waals surface area contributed by atoms with Gasteiger partial charge in [0.25, 0.3) is 0 Å². The molecule has 0 radical (unpaired) electrons. The summed E-state index contributed by atoms with van der Waals surface area (Å²) in [7, 11) is 0. The summed E-state index contributed by atoms with van der Waals surface area (Å²) in [5.74, 6) is 1.07. The molecule has 0 atom stereocenters. The van der Waals surface area contributed by atoms with E-state index in [1.54, 1.807) is 0 Å². The molecule has 0 aliphatic heterocycles. The zero-order chi connectivity index (χ0) is 8.55. The lowest BCUT2D eigenvalue weighted by Crippen LogP contribution is -2.11. The second kappa shape index (κ2) is 2.88. The van der Waals surface area contributed by atoms with E-state index in [0.29, 0.717) is 11.8 Å². The van der Waals surface area contributed by atoms with Crippen LogP contribution in [0, 0.1) is 0 Å². The smallest absolute Gasteiger partial charge is 0.111 e. The Bertz CT molecular complexity index is 263. The Labute approximate surface area is 72.1 Å². The monoisotopic (exact) mass is 166 g/mol. The summed E-state index contributed by atoms with van der Waals surface area (Å²) in [5, 5.41) is 7.91. The van der Waals surface area contributed by atoms with Gasteiger partial charge in [-0.25, -0.2) is 4.63 Å². The van der Waals surface area contributed by atoms with E-state index in [1.807, 2.05) is 0 Å². The van der Waals surface area contributed by atoms with Crippen molar-refractivity contribution < 1.29 is 4.63 Å². The predicted molar refractivity (Wildman–Crippen MR) is 45.0 cm³/mol. The zero-order valence-corrected chi connectivity index (χ0v) is 7.58. The van der Waals surface area contributed by atoms with Crippen molar-refractivity contribution in [3.8, 4) is 0 Å². The molecule has 0 N–H and O–H groups in total. The van der Waals surface area contributed by atoms with Crippen LogP contribution in [0.25, 0.3) is 0 Å². The van der Waals surface area contributed by atoms with Gasteiger partial charge < -0.3 is 0 Å². The minimum Gasteiger partial charge on any atom is -0.244 e. The fourth-order valence-corrected chi connectivity index (χ4v) is 1.57. The molecule has 0 amide bonds. The molecule has 0 saturated heterocycles. The van der Waals surface area contributed by atoms with Gasteiger partial charge in [-0.3, -0.25) is 0 Å². The van der Waals surface area contributed by atoms with Gasteiger partial charge in [0.2, 0.25) is 0 Å². The van der Waals surface area contributed by atoms with Gasteiger partial charge in [-0.15, -0.1) is 0 Å². The van der Waals surface area contributed by atoms with Crippen LogP contribution in [0.5, 0.6) is 0 Å². The van der Waals surface area contributed by atoms with Gasteiger partial charge in [0, 0.05) is 11.8 Å². The van der Waals surface area contributed by atoms with Gasteiger partial charge in [-0.1, -0.05) is 30.6 Å². The van der Waals surface area contributed by atoms with E-state index in [4.69, 9.17) is 4.63 Å². The topological polar surface area (TPSA) is 38.9 Å². The molecule has 1 aromatic rings. The van der Waals surface area contributed by atoms with E-state index in [1.165, 1.54) is 19.3 Å². The molecule has 66 valence electrons. The lowest BCUT2D eigenvalue weighted by atomic mass is 9.81. The third-order valence-electron chi connectivity index (χ3n) is 2.58. The fourth-order valence-electron chi connectivity index (χ4n) is 1.57. The van der Waals surface area contributed by atoms with Gasteiger partial charge in [0.05, 0.1) is 0 Å². The van der Waals surface area contributed by atoms with Crippen molar-refractivity contribution in [3.05, 3.63) is 11.4 Å². The Morgan fingerprint density at radius 3 is 2.58 bits per heavy atom. The largest absolute Gasteiger partial charge is 0.244 e. The Hall–Kier alpha value is -0.860. The number of nitrogens with zero attached hydrogens (tertiary/aromatic N) is 2. The van der Waals surface area contributed by atoms with Crippen molar-refractivity contribution in [3.63, 3.8) is 0 Å². The van der Waals surface area contributed by atoms with Crippen molar-refractivity contribution in [1.82, 2.24) is 10.3 Å². The molecule has 12 heavy (non-hydrogen) atoms. The highest BCUT2D eigenvalue weighted by Gasteiger charge is 2.27. The third-order valence-corrected chi connectivity index (χ3v) is 2.58. The van der Waals surface area contributed by atoms with Crippen molar-refractivity contribution in [2.24, 2.45) is 0 Å². The van der Waals surface area contributed by atoms with E-state index in [0.717, 1.165) is 11.4 Å². The second-order valence-corrected chi connectivity index (χ2v) is 3.82. The lowest BCUT2D eigenvalue weighted by Gasteiger charge is -2.23. The first-order chi connectivity index (χ1) is 5.79. The first-order valence-electron chi connectivity index (χ1n) is 4.61. The van der Waals surface area contributed by atoms with Crippen LogP contribution in [0.4, 0.5) is 0 Å². The Morgan fingerprint density at radius 2 is 2.08 bits per heavy atom. The molecule has 2 rings (SSSR count). The van der Waals surface area contributed by atoms with Gasteiger partial charge in [0.15, 0.2) is 0 Å². The maximum atomic E-state index is 4.76. The number of hydrogen-bond acceptors (Lipinski definition) is 3. The van der Waals surface area contributed by atoms with Crippen LogP contribution in [-0.4, -0.2) is 10.3 Å². The molecule has 1 fully saturated rings. The molecule has 0 bridgehead atoms. The van der Waals surface area contributed by atoms with Gasteiger partial charge in [-0.2, -0.15) is 0 Å². The maximum absolute atomic E-state index is 4.76. The summed E-state index contributed by atoms with van der Waals surface area (Å²) >= 11 is 0. The summed E-state index contributed by atoms with van der Waals surface area (Å²) in [4.78, 5) is 0. The third kappa shape index (κ3) is 1.13. The minimum atomic E-state index is 0.437. The Kier molecular flexibility index (Phi) is 1.87. The molecule has 0 spiro atoms. The summed E-state index contributed by atoms with van der Waals surface area (Å²) in [6.07, 6.45) is 3.84. The van der Waals surface area contributed by atoms with Gasteiger partial charge in [0.1, 0.15) is 11.4 Å².